The van der Waals surface area contributed by atoms with E-state index in [0.717, 1.165) is 24.3 Å². The number of hydrogen-bond acceptors (Lipinski definition) is 1. The molecule has 0 aromatic carbocycles. The quantitative estimate of drug-likeness (QED) is 0.648. The Morgan fingerprint density at radius 2 is 1.50 bits per heavy atom. The van der Waals surface area contributed by atoms with Crippen LogP contribution in [-0.2, 0) is 0 Å². The number of hydrogen-bond donors (Lipinski definition) is 1. The van der Waals surface area contributed by atoms with Crippen LogP contribution < -0.4 is 5.32 Å². The van der Waals surface area contributed by atoms with Gasteiger partial charge >= 0.3 is 0 Å². The summed E-state index contributed by atoms with van der Waals surface area (Å²) in [6, 6.07) is 0. The van der Waals surface area contributed by atoms with Crippen molar-refractivity contribution in [1.82, 2.24) is 5.32 Å². The van der Waals surface area contributed by atoms with E-state index in [0.29, 0.717) is 0 Å². The molecule has 0 aliphatic carbocycles. The molecule has 0 aliphatic heterocycles. The van der Waals surface area contributed by atoms with Crippen LogP contribution in [0, 0.1) is 17.8 Å². The third-order valence-electron chi connectivity index (χ3n) is 2.63. The van der Waals surface area contributed by atoms with Crippen LogP contribution in [0.2, 0.25) is 0 Å². The molecule has 0 spiro atoms. The summed E-state index contributed by atoms with van der Waals surface area (Å²) in [5.41, 5.74) is 0. The Morgan fingerprint density at radius 1 is 0.917 bits per heavy atom. The highest BCUT2D eigenvalue weighted by Gasteiger charge is 2.08. The Morgan fingerprint density at radius 3 is 1.92 bits per heavy atom. The minimum absolute atomic E-state index is 0.772. The summed E-state index contributed by atoms with van der Waals surface area (Å²) in [5.74, 6) is 2.44. The topological polar surface area (TPSA) is 12.0 Å². The monoisotopic (exact) mass is 171 g/mol. The maximum absolute atomic E-state index is 3.50. The molecule has 2 unspecified atom stereocenters. The van der Waals surface area contributed by atoms with E-state index < -0.39 is 0 Å². The molecule has 1 nitrogen and oxygen atoms in total. The zero-order valence-corrected chi connectivity index (χ0v) is 9.35. The Kier molecular flexibility index (Phi) is 6.45. The van der Waals surface area contributed by atoms with Crippen molar-refractivity contribution in [3.05, 3.63) is 0 Å². The van der Waals surface area contributed by atoms with Gasteiger partial charge in [0.15, 0.2) is 0 Å². The van der Waals surface area contributed by atoms with Gasteiger partial charge in [-0.15, -0.1) is 0 Å². The summed E-state index contributed by atoms with van der Waals surface area (Å²) < 4.78 is 0. The fourth-order valence-electron chi connectivity index (χ4n) is 1.20. The van der Waals surface area contributed by atoms with Crippen molar-refractivity contribution in [1.29, 1.82) is 0 Å². The summed E-state index contributed by atoms with van der Waals surface area (Å²) >= 11 is 0. The molecule has 1 heteroatoms. The minimum atomic E-state index is 0.772. The molecule has 1 N–H and O–H groups in total. The van der Waals surface area contributed by atoms with Gasteiger partial charge in [-0.2, -0.15) is 0 Å². The van der Waals surface area contributed by atoms with Crippen molar-refractivity contribution in [2.75, 3.05) is 13.1 Å². The average molecular weight is 171 g/mol. The molecule has 0 aromatic heterocycles. The molecule has 0 aromatic rings. The maximum atomic E-state index is 3.50. The standard InChI is InChI=1S/C11H25N/c1-6-10(4)11(5)8-12-7-9(2)3/h9-12H,6-8H2,1-5H3. The highest BCUT2D eigenvalue weighted by Crippen LogP contribution is 2.12. The SMILES string of the molecule is CCC(C)C(C)CNCC(C)C. The van der Waals surface area contributed by atoms with Gasteiger partial charge in [0, 0.05) is 0 Å². The lowest BCUT2D eigenvalue weighted by atomic mass is 9.93. The first-order chi connectivity index (χ1) is 5.57. The second-order valence-electron chi connectivity index (χ2n) is 4.41. The van der Waals surface area contributed by atoms with Crippen molar-refractivity contribution >= 4 is 0 Å². The van der Waals surface area contributed by atoms with Crippen LogP contribution in [-0.4, -0.2) is 13.1 Å². The second-order valence-corrected chi connectivity index (χ2v) is 4.41. The van der Waals surface area contributed by atoms with Crippen LogP contribution >= 0.6 is 0 Å². The number of rotatable bonds is 6. The molecule has 0 rings (SSSR count). The third kappa shape index (κ3) is 5.59. The second kappa shape index (κ2) is 6.47. The summed E-state index contributed by atoms with van der Waals surface area (Å²) in [5, 5.41) is 3.50. The van der Waals surface area contributed by atoms with E-state index >= 15 is 0 Å². The Bertz CT molecular complexity index is 99.2. The van der Waals surface area contributed by atoms with Crippen LogP contribution in [0.4, 0.5) is 0 Å². The smallest absolute Gasteiger partial charge is 0.00205 e. The molecule has 74 valence electrons. The van der Waals surface area contributed by atoms with Crippen molar-refractivity contribution in [2.24, 2.45) is 17.8 Å². The van der Waals surface area contributed by atoms with E-state index in [1.165, 1.54) is 13.0 Å². The minimum Gasteiger partial charge on any atom is -0.316 e. The van der Waals surface area contributed by atoms with E-state index in [2.05, 4.69) is 39.9 Å². The van der Waals surface area contributed by atoms with Gasteiger partial charge in [-0.3, -0.25) is 0 Å². The molecule has 2 atom stereocenters. The first-order valence-corrected chi connectivity index (χ1v) is 5.28. The van der Waals surface area contributed by atoms with Gasteiger partial charge < -0.3 is 5.32 Å². The summed E-state index contributed by atoms with van der Waals surface area (Å²) in [4.78, 5) is 0. The predicted molar refractivity (Wildman–Crippen MR) is 56.3 cm³/mol. The Labute approximate surface area is 77.9 Å². The van der Waals surface area contributed by atoms with Crippen LogP contribution in [0.3, 0.4) is 0 Å². The van der Waals surface area contributed by atoms with E-state index in [4.69, 9.17) is 0 Å². The molecule has 0 amide bonds. The largest absolute Gasteiger partial charge is 0.316 e. The first-order valence-electron chi connectivity index (χ1n) is 5.28. The molecule has 0 heterocycles. The fourth-order valence-corrected chi connectivity index (χ4v) is 1.20. The highest BCUT2D eigenvalue weighted by molar-refractivity contribution is 4.63. The summed E-state index contributed by atoms with van der Waals surface area (Å²) in [7, 11) is 0. The predicted octanol–water partition coefficient (Wildman–Crippen LogP) is 2.91. The van der Waals surface area contributed by atoms with Gasteiger partial charge in [0.1, 0.15) is 0 Å². The van der Waals surface area contributed by atoms with Crippen molar-refractivity contribution < 1.29 is 0 Å². The molecule has 0 radical (unpaired) electrons. The van der Waals surface area contributed by atoms with Crippen LogP contribution in [0.25, 0.3) is 0 Å². The molecular weight excluding hydrogens is 146 g/mol. The molecule has 0 bridgehead atoms. The molecule has 12 heavy (non-hydrogen) atoms. The van der Waals surface area contributed by atoms with Gasteiger partial charge in [-0.1, -0.05) is 41.0 Å². The highest BCUT2D eigenvalue weighted by atomic mass is 14.9. The molecule has 0 fully saturated rings. The molecule has 0 saturated heterocycles. The Hall–Kier alpha value is -0.0400. The van der Waals surface area contributed by atoms with Crippen molar-refractivity contribution in [3.63, 3.8) is 0 Å². The van der Waals surface area contributed by atoms with Gasteiger partial charge in [-0.05, 0) is 30.8 Å². The van der Waals surface area contributed by atoms with E-state index in [9.17, 15) is 0 Å². The van der Waals surface area contributed by atoms with E-state index in [-0.39, 0.29) is 0 Å². The normalized spacial score (nSPS) is 16.5. The van der Waals surface area contributed by atoms with Gasteiger partial charge in [0.25, 0.3) is 0 Å². The van der Waals surface area contributed by atoms with Crippen molar-refractivity contribution in [3.8, 4) is 0 Å². The van der Waals surface area contributed by atoms with Crippen molar-refractivity contribution in [2.45, 2.75) is 41.0 Å². The number of nitrogens with one attached hydrogen (secondary N) is 1. The lowest BCUT2D eigenvalue weighted by Crippen LogP contribution is -2.27. The van der Waals surface area contributed by atoms with Gasteiger partial charge in [-0.25, -0.2) is 0 Å². The average Bonchev–Trinajstić information content (AvgIpc) is 2.02. The zero-order valence-electron chi connectivity index (χ0n) is 9.35. The lowest BCUT2D eigenvalue weighted by Gasteiger charge is -2.19. The van der Waals surface area contributed by atoms with Crippen LogP contribution in [0.5, 0.6) is 0 Å². The Balaban J connectivity index is 3.37. The summed E-state index contributed by atoms with van der Waals surface area (Å²) in [6.45, 7) is 13.8. The van der Waals surface area contributed by atoms with Gasteiger partial charge in [0.2, 0.25) is 0 Å². The van der Waals surface area contributed by atoms with Gasteiger partial charge in [0.05, 0.1) is 0 Å². The zero-order chi connectivity index (χ0) is 9.56. The summed E-state index contributed by atoms with van der Waals surface area (Å²) in [6.07, 6.45) is 1.30. The van der Waals surface area contributed by atoms with Crippen LogP contribution in [0.1, 0.15) is 41.0 Å². The fraction of sp³-hybridized carbons (Fsp3) is 1.00. The maximum Gasteiger partial charge on any atom is -0.00205 e. The van der Waals surface area contributed by atoms with E-state index in [1.807, 2.05) is 0 Å². The van der Waals surface area contributed by atoms with E-state index in [1.54, 1.807) is 0 Å². The molecule has 0 saturated carbocycles. The lowest BCUT2D eigenvalue weighted by molar-refractivity contribution is 0.351. The first kappa shape index (κ1) is 12.0. The molecule has 0 aliphatic rings. The molecular formula is C11H25N. The van der Waals surface area contributed by atoms with Crippen LogP contribution in [0.15, 0.2) is 0 Å². The third-order valence-corrected chi connectivity index (χ3v) is 2.63.